The summed E-state index contributed by atoms with van der Waals surface area (Å²) in [6.45, 7) is 4.36. The van der Waals surface area contributed by atoms with Gasteiger partial charge in [-0.15, -0.1) is 11.8 Å². The molecule has 1 aliphatic rings. The summed E-state index contributed by atoms with van der Waals surface area (Å²) in [7, 11) is 0. The molecule has 1 aromatic rings. The summed E-state index contributed by atoms with van der Waals surface area (Å²) in [6.07, 6.45) is 0. The Morgan fingerprint density at radius 2 is 2.35 bits per heavy atom. The summed E-state index contributed by atoms with van der Waals surface area (Å²) in [5.41, 5.74) is 7.92. The second-order valence-electron chi connectivity index (χ2n) is 4.11. The molecule has 17 heavy (non-hydrogen) atoms. The van der Waals surface area contributed by atoms with Crippen LogP contribution >= 0.6 is 11.8 Å². The number of urea groups is 1. The van der Waals surface area contributed by atoms with Gasteiger partial charge in [0.1, 0.15) is 0 Å². The lowest BCUT2D eigenvalue weighted by Gasteiger charge is -2.13. The van der Waals surface area contributed by atoms with Crippen molar-refractivity contribution in [3.05, 3.63) is 23.8 Å². The molecule has 0 bridgehead atoms. The van der Waals surface area contributed by atoms with Crippen LogP contribution in [0.4, 0.5) is 10.5 Å². The maximum Gasteiger partial charge on any atom is 0.317 e. The fraction of sp³-hybridized carbons (Fsp3) is 0.417. The summed E-state index contributed by atoms with van der Waals surface area (Å²) in [6, 6.07) is 6.12. The molecule has 2 amide bonds. The normalized spacial score (nSPS) is 15.1. The van der Waals surface area contributed by atoms with Crippen LogP contribution in [0.5, 0.6) is 0 Å². The molecule has 0 saturated carbocycles. The molecule has 0 radical (unpaired) electrons. The molecule has 1 fully saturated rings. The van der Waals surface area contributed by atoms with Crippen molar-refractivity contribution in [2.75, 3.05) is 31.1 Å². The molecule has 3 N–H and O–H groups in total. The SMILES string of the molecule is Cc1ccc(SCCN2CCNC2=O)c(N)c1. The van der Waals surface area contributed by atoms with Crippen molar-refractivity contribution in [2.45, 2.75) is 11.8 Å². The number of aryl methyl sites for hydroxylation is 1. The molecule has 1 saturated heterocycles. The molecule has 92 valence electrons. The molecular formula is C12H17N3OS. The number of rotatable bonds is 4. The minimum Gasteiger partial charge on any atom is -0.398 e. The summed E-state index contributed by atoms with van der Waals surface area (Å²) < 4.78 is 0. The number of hydrogen-bond donors (Lipinski definition) is 2. The molecule has 1 aromatic carbocycles. The van der Waals surface area contributed by atoms with Crippen LogP contribution in [0.3, 0.4) is 0 Å². The lowest BCUT2D eigenvalue weighted by Crippen LogP contribution is -2.30. The number of benzene rings is 1. The molecule has 0 spiro atoms. The lowest BCUT2D eigenvalue weighted by molar-refractivity contribution is 0.220. The standard InChI is InChI=1S/C12H17N3OS/c1-9-2-3-11(10(13)8-9)17-7-6-15-5-4-14-12(15)16/h2-3,8H,4-7,13H2,1H3,(H,14,16). The van der Waals surface area contributed by atoms with Gasteiger partial charge in [-0.1, -0.05) is 6.07 Å². The first-order valence-electron chi connectivity index (χ1n) is 5.68. The minimum absolute atomic E-state index is 0.0440. The van der Waals surface area contributed by atoms with E-state index in [9.17, 15) is 4.79 Å². The van der Waals surface area contributed by atoms with Gasteiger partial charge < -0.3 is 16.0 Å². The van der Waals surface area contributed by atoms with Gasteiger partial charge in [-0.05, 0) is 24.6 Å². The van der Waals surface area contributed by atoms with Crippen molar-refractivity contribution in [2.24, 2.45) is 0 Å². The first kappa shape index (κ1) is 12.1. The number of carbonyl (C=O) groups is 1. The third-order valence-corrected chi connectivity index (χ3v) is 3.80. The molecule has 0 atom stereocenters. The first-order valence-corrected chi connectivity index (χ1v) is 6.67. The molecule has 2 rings (SSSR count). The van der Waals surface area contributed by atoms with Crippen molar-refractivity contribution in [1.29, 1.82) is 0 Å². The molecule has 4 nitrogen and oxygen atoms in total. The molecule has 5 heteroatoms. The smallest absolute Gasteiger partial charge is 0.317 e. The zero-order chi connectivity index (χ0) is 12.3. The highest BCUT2D eigenvalue weighted by Gasteiger charge is 2.18. The summed E-state index contributed by atoms with van der Waals surface area (Å²) in [5, 5.41) is 2.79. The van der Waals surface area contributed by atoms with E-state index in [-0.39, 0.29) is 6.03 Å². The fourth-order valence-corrected chi connectivity index (χ4v) is 2.71. The Bertz CT molecular complexity index is 422. The monoisotopic (exact) mass is 251 g/mol. The fourth-order valence-electron chi connectivity index (χ4n) is 1.79. The molecule has 0 aromatic heterocycles. The number of anilines is 1. The number of carbonyl (C=O) groups excluding carboxylic acids is 1. The van der Waals surface area contributed by atoms with Gasteiger partial charge in [-0.2, -0.15) is 0 Å². The van der Waals surface area contributed by atoms with E-state index in [0.29, 0.717) is 0 Å². The predicted molar refractivity (Wildman–Crippen MR) is 71.3 cm³/mol. The number of hydrogen-bond acceptors (Lipinski definition) is 3. The Balaban J connectivity index is 1.83. The Labute approximate surface area is 106 Å². The van der Waals surface area contributed by atoms with Gasteiger partial charge in [-0.25, -0.2) is 4.79 Å². The van der Waals surface area contributed by atoms with E-state index >= 15 is 0 Å². The van der Waals surface area contributed by atoms with Gasteiger partial charge in [-0.3, -0.25) is 0 Å². The third kappa shape index (κ3) is 3.06. The second-order valence-corrected chi connectivity index (χ2v) is 5.25. The van der Waals surface area contributed by atoms with Crippen LogP contribution < -0.4 is 11.1 Å². The number of nitrogens with one attached hydrogen (secondary N) is 1. The molecular weight excluding hydrogens is 234 g/mol. The zero-order valence-electron chi connectivity index (χ0n) is 9.90. The van der Waals surface area contributed by atoms with Crippen molar-refractivity contribution in [1.82, 2.24) is 10.2 Å². The maximum atomic E-state index is 11.3. The van der Waals surface area contributed by atoms with E-state index in [2.05, 4.69) is 11.4 Å². The highest BCUT2D eigenvalue weighted by atomic mass is 32.2. The predicted octanol–water partition coefficient (Wildman–Crippen LogP) is 1.69. The van der Waals surface area contributed by atoms with E-state index in [1.807, 2.05) is 24.0 Å². The van der Waals surface area contributed by atoms with E-state index in [1.165, 1.54) is 5.56 Å². The average Bonchev–Trinajstić information content (AvgIpc) is 2.68. The average molecular weight is 251 g/mol. The van der Waals surface area contributed by atoms with Crippen molar-refractivity contribution in [3.63, 3.8) is 0 Å². The largest absolute Gasteiger partial charge is 0.398 e. The molecule has 1 aliphatic heterocycles. The Morgan fingerprint density at radius 1 is 1.53 bits per heavy atom. The van der Waals surface area contributed by atoms with Gasteiger partial charge in [0.25, 0.3) is 0 Å². The van der Waals surface area contributed by atoms with Crippen molar-refractivity contribution >= 4 is 23.5 Å². The van der Waals surface area contributed by atoms with Gasteiger partial charge in [0, 0.05) is 36.0 Å². The van der Waals surface area contributed by atoms with Crippen LogP contribution in [0.25, 0.3) is 0 Å². The number of nitrogens with zero attached hydrogens (tertiary/aromatic N) is 1. The Morgan fingerprint density at radius 3 is 3.00 bits per heavy atom. The molecule has 1 heterocycles. The van der Waals surface area contributed by atoms with E-state index in [1.54, 1.807) is 11.8 Å². The number of nitrogen functional groups attached to an aromatic ring is 1. The number of amides is 2. The summed E-state index contributed by atoms with van der Waals surface area (Å²) in [5.74, 6) is 0.876. The Kier molecular flexibility index (Phi) is 3.78. The van der Waals surface area contributed by atoms with E-state index < -0.39 is 0 Å². The van der Waals surface area contributed by atoms with Gasteiger partial charge >= 0.3 is 6.03 Å². The highest BCUT2D eigenvalue weighted by molar-refractivity contribution is 7.99. The van der Waals surface area contributed by atoms with Crippen molar-refractivity contribution in [3.8, 4) is 0 Å². The summed E-state index contributed by atoms with van der Waals surface area (Å²) >= 11 is 1.70. The molecule has 0 unspecified atom stereocenters. The van der Waals surface area contributed by atoms with Gasteiger partial charge in [0.2, 0.25) is 0 Å². The van der Waals surface area contributed by atoms with Crippen LogP contribution in [0, 0.1) is 6.92 Å². The van der Waals surface area contributed by atoms with Crippen molar-refractivity contribution < 1.29 is 4.79 Å². The highest BCUT2D eigenvalue weighted by Crippen LogP contribution is 2.25. The first-order chi connectivity index (χ1) is 8.16. The van der Waals surface area contributed by atoms with Crippen LogP contribution in [0.2, 0.25) is 0 Å². The topological polar surface area (TPSA) is 58.4 Å². The van der Waals surface area contributed by atoms with Gasteiger partial charge in [0.15, 0.2) is 0 Å². The number of nitrogens with two attached hydrogens (primary N) is 1. The van der Waals surface area contributed by atoms with E-state index in [0.717, 1.165) is 36.0 Å². The van der Waals surface area contributed by atoms with Crippen LogP contribution in [-0.4, -0.2) is 36.3 Å². The van der Waals surface area contributed by atoms with Crippen LogP contribution in [-0.2, 0) is 0 Å². The molecule has 0 aliphatic carbocycles. The van der Waals surface area contributed by atoms with E-state index in [4.69, 9.17) is 5.73 Å². The Hall–Kier alpha value is -1.36. The maximum absolute atomic E-state index is 11.3. The zero-order valence-corrected chi connectivity index (χ0v) is 10.7. The third-order valence-electron chi connectivity index (χ3n) is 2.73. The van der Waals surface area contributed by atoms with Crippen LogP contribution in [0.15, 0.2) is 23.1 Å². The summed E-state index contributed by atoms with van der Waals surface area (Å²) in [4.78, 5) is 14.2. The lowest BCUT2D eigenvalue weighted by atomic mass is 10.2. The number of thioether (sulfide) groups is 1. The second kappa shape index (κ2) is 5.31. The van der Waals surface area contributed by atoms with Gasteiger partial charge in [0.05, 0.1) is 0 Å². The van der Waals surface area contributed by atoms with Crippen LogP contribution in [0.1, 0.15) is 5.56 Å². The minimum atomic E-state index is 0.0440. The quantitative estimate of drug-likeness (QED) is 0.632.